The van der Waals surface area contributed by atoms with Crippen LogP contribution in [0.15, 0.2) is 72.0 Å². The van der Waals surface area contributed by atoms with Gasteiger partial charge in [-0.1, -0.05) is 55.1 Å². The van der Waals surface area contributed by atoms with Crippen molar-refractivity contribution < 1.29 is 4.74 Å². The van der Waals surface area contributed by atoms with Crippen molar-refractivity contribution in [2.24, 2.45) is 0 Å². The molecular formula is C23H23N3O2. The van der Waals surface area contributed by atoms with Gasteiger partial charge in [0.25, 0.3) is 5.56 Å². The standard InChI is InChI=1S/C23H23N3O2/c1-2-14-28-19-10-8-17(9-11-19)15-26-13-12-21-20(16-26)23(27)25-22(24-21)18-6-4-3-5-7-18/h2-11H,1,12-16H2,(H,24,25,27). The number of aromatic amines is 1. The molecule has 1 aromatic heterocycles. The SMILES string of the molecule is C=CCOc1ccc(CN2CCc3nc(-c4ccccc4)[nH]c(=O)c3C2)cc1. The van der Waals surface area contributed by atoms with Crippen molar-refractivity contribution in [2.75, 3.05) is 13.2 Å². The molecule has 2 aromatic carbocycles. The van der Waals surface area contributed by atoms with Crippen LogP contribution in [0.1, 0.15) is 16.8 Å². The molecule has 0 fully saturated rings. The zero-order valence-corrected chi connectivity index (χ0v) is 15.7. The molecule has 1 aliphatic heterocycles. The van der Waals surface area contributed by atoms with E-state index in [0.29, 0.717) is 19.0 Å². The van der Waals surface area contributed by atoms with Crippen molar-refractivity contribution in [1.82, 2.24) is 14.9 Å². The molecule has 4 rings (SSSR count). The maximum absolute atomic E-state index is 12.7. The average molecular weight is 373 g/mol. The van der Waals surface area contributed by atoms with E-state index < -0.39 is 0 Å². The number of aromatic nitrogens is 2. The van der Waals surface area contributed by atoms with Gasteiger partial charge in [-0.2, -0.15) is 0 Å². The fraction of sp³-hybridized carbons (Fsp3) is 0.217. The van der Waals surface area contributed by atoms with Crippen LogP contribution < -0.4 is 10.3 Å². The van der Waals surface area contributed by atoms with Gasteiger partial charge in [0.2, 0.25) is 0 Å². The van der Waals surface area contributed by atoms with Gasteiger partial charge in [0.1, 0.15) is 18.2 Å². The lowest BCUT2D eigenvalue weighted by molar-refractivity contribution is 0.241. The van der Waals surface area contributed by atoms with Crippen LogP contribution in [0.2, 0.25) is 0 Å². The Labute approximate surface area is 164 Å². The van der Waals surface area contributed by atoms with Gasteiger partial charge in [0.05, 0.1) is 11.3 Å². The van der Waals surface area contributed by atoms with E-state index in [9.17, 15) is 4.79 Å². The van der Waals surface area contributed by atoms with E-state index in [2.05, 4.69) is 28.6 Å². The summed E-state index contributed by atoms with van der Waals surface area (Å²) in [4.78, 5) is 22.6. The first-order valence-electron chi connectivity index (χ1n) is 9.45. The molecule has 0 saturated heterocycles. The molecule has 5 heteroatoms. The minimum Gasteiger partial charge on any atom is -0.490 e. The van der Waals surface area contributed by atoms with E-state index in [-0.39, 0.29) is 5.56 Å². The van der Waals surface area contributed by atoms with Gasteiger partial charge in [0.15, 0.2) is 0 Å². The second-order valence-corrected chi connectivity index (χ2v) is 6.91. The fourth-order valence-electron chi connectivity index (χ4n) is 3.45. The molecule has 0 unspecified atom stereocenters. The number of H-pyrrole nitrogens is 1. The van der Waals surface area contributed by atoms with Crippen molar-refractivity contribution in [3.05, 3.63) is 94.4 Å². The average Bonchev–Trinajstić information content (AvgIpc) is 2.74. The van der Waals surface area contributed by atoms with E-state index in [1.807, 2.05) is 42.5 Å². The summed E-state index contributed by atoms with van der Waals surface area (Å²) in [6, 6.07) is 17.8. The van der Waals surface area contributed by atoms with Crippen LogP contribution in [0.3, 0.4) is 0 Å². The highest BCUT2D eigenvalue weighted by Gasteiger charge is 2.21. The summed E-state index contributed by atoms with van der Waals surface area (Å²) in [5.74, 6) is 1.48. The van der Waals surface area contributed by atoms with E-state index in [0.717, 1.165) is 42.1 Å². The molecule has 2 heterocycles. The van der Waals surface area contributed by atoms with E-state index >= 15 is 0 Å². The number of benzene rings is 2. The zero-order chi connectivity index (χ0) is 19.3. The minimum atomic E-state index is -0.0401. The first-order chi connectivity index (χ1) is 13.7. The van der Waals surface area contributed by atoms with Gasteiger partial charge < -0.3 is 9.72 Å². The lowest BCUT2D eigenvalue weighted by atomic mass is 10.1. The van der Waals surface area contributed by atoms with Gasteiger partial charge in [0, 0.05) is 31.6 Å². The number of hydrogen-bond acceptors (Lipinski definition) is 4. The van der Waals surface area contributed by atoms with Crippen LogP contribution >= 0.6 is 0 Å². The zero-order valence-electron chi connectivity index (χ0n) is 15.7. The Balaban J connectivity index is 1.47. The Morgan fingerprint density at radius 1 is 1.14 bits per heavy atom. The van der Waals surface area contributed by atoms with Gasteiger partial charge in [-0.15, -0.1) is 0 Å². The van der Waals surface area contributed by atoms with Gasteiger partial charge in [-0.25, -0.2) is 4.98 Å². The molecule has 0 atom stereocenters. The van der Waals surface area contributed by atoms with Crippen LogP contribution in [-0.4, -0.2) is 28.0 Å². The highest BCUT2D eigenvalue weighted by molar-refractivity contribution is 5.54. The third kappa shape index (κ3) is 4.05. The number of fused-ring (bicyclic) bond motifs is 1. The largest absolute Gasteiger partial charge is 0.490 e. The summed E-state index contributed by atoms with van der Waals surface area (Å²) in [7, 11) is 0. The maximum Gasteiger partial charge on any atom is 0.255 e. The Bertz CT molecular complexity index is 1010. The van der Waals surface area contributed by atoms with Gasteiger partial charge >= 0.3 is 0 Å². The van der Waals surface area contributed by atoms with Crippen LogP contribution in [-0.2, 0) is 19.5 Å². The summed E-state index contributed by atoms with van der Waals surface area (Å²) in [6.07, 6.45) is 2.51. The molecule has 0 saturated carbocycles. The molecule has 0 amide bonds. The lowest BCUT2D eigenvalue weighted by Crippen LogP contribution is -2.35. The lowest BCUT2D eigenvalue weighted by Gasteiger charge is -2.27. The molecule has 0 bridgehead atoms. The van der Waals surface area contributed by atoms with Crippen molar-refractivity contribution in [2.45, 2.75) is 19.5 Å². The summed E-state index contributed by atoms with van der Waals surface area (Å²) in [5, 5.41) is 0. The maximum atomic E-state index is 12.7. The number of nitrogens with zero attached hydrogens (tertiary/aromatic N) is 2. The smallest absolute Gasteiger partial charge is 0.255 e. The van der Waals surface area contributed by atoms with Crippen LogP contribution in [0.5, 0.6) is 5.75 Å². The van der Waals surface area contributed by atoms with E-state index in [4.69, 9.17) is 9.72 Å². The van der Waals surface area contributed by atoms with Crippen molar-refractivity contribution in [1.29, 1.82) is 0 Å². The third-order valence-electron chi connectivity index (χ3n) is 4.89. The monoisotopic (exact) mass is 373 g/mol. The van der Waals surface area contributed by atoms with Crippen LogP contribution in [0.25, 0.3) is 11.4 Å². The molecule has 1 aliphatic rings. The summed E-state index contributed by atoms with van der Waals surface area (Å²) < 4.78 is 5.52. The molecule has 28 heavy (non-hydrogen) atoms. The Kier molecular flexibility index (Phi) is 5.35. The Morgan fingerprint density at radius 3 is 2.68 bits per heavy atom. The number of nitrogens with one attached hydrogen (secondary N) is 1. The number of rotatable bonds is 6. The predicted octanol–water partition coefficient (Wildman–Crippen LogP) is 3.56. The first-order valence-corrected chi connectivity index (χ1v) is 9.45. The second-order valence-electron chi connectivity index (χ2n) is 6.91. The van der Waals surface area contributed by atoms with Crippen LogP contribution in [0.4, 0.5) is 0 Å². The molecule has 3 aromatic rings. The summed E-state index contributed by atoms with van der Waals surface area (Å²) >= 11 is 0. The van der Waals surface area contributed by atoms with Gasteiger partial charge in [-0.3, -0.25) is 9.69 Å². The third-order valence-corrected chi connectivity index (χ3v) is 4.89. The van der Waals surface area contributed by atoms with Crippen LogP contribution in [0, 0.1) is 0 Å². The minimum absolute atomic E-state index is 0.0401. The van der Waals surface area contributed by atoms with Gasteiger partial charge in [-0.05, 0) is 17.7 Å². The summed E-state index contributed by atoms with van der Waals surface area (Å²) in [5.41, 5.74) is 3.77. The number of hydrogen-bond donors (Lipinski definition) is 1. The highest BCUT2D eigenvalue weighted by Crippen LogP contribution is 2.20. The Morgan fingerprint density at radius 2 is 1.93 bits per heavy atom. The molecule has 0 aliphatic carbocycles. The molecule has 0 radical (unpaired) electrons. The van der Waals surface area contributed by atoms with Crippen molar-refractivity contribution in [3.63, 3.8) is 0 Å². The quantitative estimate of drug-likeness (QED) is 0.671. The molecule has 0 spiro atoms. The second kappa shape index (κ2) is 8.23. The van der Waals surface area contributed by atoms with E-state index in [1.54, 1.807) is 6.08 Å². The Hall–Kier alpha value is -3.18. The predicted molar refractivity (Wildman–Crippen MR) is 110 cm³/mol. The molecule has 1 N–H and O–H groups in total. The van der Waals surface area contributed by atoms with E-state index in [1.165, 1.54) is 5.56 Å². The molecular weight excluding hydrogens is 350 g/mol. The summed E-state index contributed by atoms with van der Waals surface area (Å²) in [6.45, 7) is 6.44. The van der Waals surface area contributed by atoms with Crippen molar-refractivity contribution in [3.8, 4) is 17.1 Å². The topological polar surface area (TPSA) is 58.2 Å². The number of ether oxygens (including phenoxy) is 1. The normalized spacial score (nSPS) is 13.7. The van der Waals surface area contributed by atoms with Crippen molar-refractivity contribution >= 4 is 0 Å². The fourth-order valence-corrected chi connectivity index (χ4v) is 3.45. The molecule has 142 valence electrons. The molecule has 5 nitrogen and oxygen atoms in total. The first kappa shape index (κ1) is 18.2. The highest BCUT2D eigenvalue weighted by atomic mass is 16.5.